The molecule has 0 saturated heterocycles. The molecule has 0 radical (unpaired) electrons. The maximum Gasteiger partial charge on any atom is 0.317 e. The highest BCUT2D eigenvalue weighted by atomic mass is 16.5. The zero-order chi connectivity index (χ0) is 9.84. The van der Waals surface area contributed by atoms with Crippen LogP contribution in [0.25, 0.3) is 0 Å². The van der Waals surface area contributed by atoms with E-state index in [1.165, 1.54) is 0 Å². The molecule has 1 rings (SSSR count). The van der Waals surface area contributed by atoms with Crippen LogP contribution in [0.4, 0.5) is 0 Å². The first-order valence-corrected chi connectivity index (χ1v) is 3.77. The van der Waals surface area contributed by atoms with Gasteiger partial charge in [-0.15, -0.1) is 0 Å². The monoisotopic (exact) mass is 185 g/mol. The van der Waals surface area contributed by atoms with Crippen molar-refractivity contribution >= 4 is 5.97 Å². The minimum absolute atomic E-state index is 0.0403. The molecule has 0 aliphatic heterocycles. The Balaban J connectivity index is 2.44. The lowest BCUT2D eigenvalue weighted by atomic mass is 10.5. The summed E-state index contributed by atoms with van der Waals surface area (Å²) in [5.74, 6) is 0.110. The Kier molecular flexibility index (Phi) is 2.97. The first-order chi connectivity index (χ1) is 6.08. The zero-order valence-electron chi connectivity index (χ0n) is 7.52. The van der Waals surface area contributed by atoms with Crippen LogP contribution in [0.15, 0.2) is 4.52 Å². The van der Waals surface area contributed by atoms with Crippen molar-refractivity contribution in [2.75, 3.05) is 13.6 Å². The number of aromatic nitrogens is 2. The normalized spacial score (nSPS) is 10.7. The highest BCUT2D eigenvalue weighted by Crippen LogP contribution is 1.99. The van der Waals surface area contributed by atoms with Gasteiger partial charge in [0.2, 0.25) is 5.89 Å². The van der Waals surface area contributed by atoms with Crippen LogP contribution in [0.2, 0.25) is 0 Å². The minimum atomic E-state index is -0.876. The number of aliphatic carboxylic acids is 1. The average Bonchev–Trinajstić information content (AvgIpc) is 2.33. The molecular weight excluding hydrogens is 174 g/mol. The fourth-order valence-electron chi connectivity index (χ4n) is 0.922. The zero-order valence-corrected chi connectivity index (χ0v) is 7.52. The van der Waals surface area contributed by atoms with E-state index in [0.717, 1.165) is 0 Å². The van der Waals surface area contributed by atoms with E-state index in [9.17, 15) is 4.79 Å². The van der Waals surface area contributed by atoms with Crippen molar-refractivity contribution in [1.82, 2.24) is 15.0 Å². The van der Waals surface area contributed by atoms with Gasteiger partial charge in [0.1, 0.15) is 0 Å². The predicted molar refractivity (Wildman–Crippen MR) is 43.0 cm³/mol. The number of likely N-dealkylation sites (N-methyl/N-ethyl adjacent to an activating group) is 1. The maximum absolute atomic E-state index is 10.3. The summed E-state index contributed by atoms with van der Waals surface area (Å²) in [6.07, 6.45) is 0. The largest absolute Gasteiger partial charge is 0.480 e. The molecule has 1 aromatic heterocycles. The van der Waals surface area contributed by atoms with E-state index in [-0.39, 0.29) is 6.54 Å². The number of carbonyl (C=O) groups is 1. The van der Waals surface area contributed by atoms with Gasteiger partial charge < -0.3 is 9.63 Å². The van der Waals surface area contributed by atoms with Crippen molar-refractivity contribution in [1.29, 1.82) is 0 Å². The number of hydrogen-bond donors (Lipinski definition) is 1. The van der Waals surface area contributed by atoms with Crippen molar-refractivity contribution in [2.45, 2.75) is 13.5 Å². The fourth-order valence-corrected chi connectivity index (χ4v) is 0.922. The lowest BCUT2D eigenvalue weighted by Gasteiger charge is -2.09. The SMILES string of the molecule is Cc1noc(CN(C)CC(=O)O)n1. The molecule has 0 atom stereocenters. The molecular formula is C7H11N3O3. The molecule has 0 spiro atoms. The van der Waals surface area contributed by atoms with Gasteiger partial charge in [0.15, 0.2) is 5.82 Å². The van der Waals surface area contributed by atoms with Crippen LogP contribution in [0.1, 0.15) is 11.7 Å². The lowest BCUT2D eigenvalue weighted by Crippen LogP contribution is -2.25. The second-order valence-electron chi connectivity index (χ2n) is 2.80. The van der Waals surface area contributed by atoms with Crippen LogP contribution in [0.5, 0.6) is 0 Å². The minimum Gasteiger partial charge on any atom is -0.480 e. The van der Waals surface area contributed by atoms with Gasteiger partial charge in [-0.25, -0.2) is 0 Å². The first-order valence-electron chi connectivity index (χ1n) is 3.77. The van der Waals surface area contributed by atoms with Gasteiger partial charge in [-0.2, -0.15) is 4.98 Å². The quantitative estimate of drug-likeness (QED) is 0.705. The van der Waals surface area contributed by atoms with E-state index >= 15 is 0 Å². The Labute approximate surface area is 75.2 Å². The second-order valence-corrected chi connectivity index (χ2v) is 2.80. The summed E-state index contributed by atoms with van der Waals surface area (Å²) in [4.78, 5) is 15.8. The Morgan fingerprint density at radius 2 is 2.38 bits per heavy atom. The number of rotatable bonds is 4. The van der Waals surface area contributed by atoms with Crippen molar-refractivity contribution in [3.63, 3.8) is 0 Å². The van der Waals surface area contributed by atoms with E-state index in [1.807, 2.05) is 0 Å². The molecule has 1 N–H and O–H groups in total. The van der Waals surface area contributed by atoms with Crippen LogP contribution in [0.3, 0.4) is 0 Å². The molecule has 13 heavy (non-hydrogen) atoms. The molecule has 0 fully saturated rings. The van der Waals surface area contributed by atoms with Gasteiger partial charge in [-0.1, -0.05) is 5.16 Å². The molecule has 1 heterocycles. The van der Waals surface area contributed by atoms with E-state index in [2.05, 4.69) is 10.1 Å². The molecule has 0 unspecified atom stereocenters. The van der Waals surface area contributed by atoms with Crippen molar-refractivity contribution in [2.24, 2.45) is 0 Å². The number of aryl methyl sites for hydroxylation is 1. The third-order valence-corrected chi connectivity index (χ3v) is 1.38. The van der Waals surface area contributed by atoms with Gasteiger partial charge in [0, 0.05) is 0 Å². The standard InChI is InChI=1S/C7H11N3O3/c1-5-8-6(13-9-5)3-10(2)4-7(11)12/h3-4H2,1-2H3,(H,11,12). The molecule has 1 aromatic rings. The highest BCUT2D eigenvalue weighted by molar-refractivity contribution is 5.68. The van der Waals surface area contributed by atoms with E-state index in [0.29, 0.717) is 18.3 Å². The number of carboxylic acids is 1. The van der Waals surface area contributed by atoms with E-state index in [1.54, 1.807) is 18.9 Å². The first kappa shape index (κ1) is 9.66. The van der Waals surface area contributed by atoms with Crippen LogP contribution in [-0.4, -0.2) is 39.7 Å². The fraction of sp³-hybridized carbons (Fsp3) is 0.571. The molecule has 6 nitrogen and oxygen atoms in total. The lowest BCUT2D eigenvalue weighted by molar-refractivity contribution is -0.138. The summed E-state index contributed by atoms with van der Waals surface area (Å²) in [6, 6.07) is 0. The Morgan fingerprint density at radius 1 is 1.69 bits per heavy atom. The Hall–Kier alpha value is -1.43. The summed E-state index contributed by atoms with van der Waals surface area (Å²) < 4.78 is 4.82. The average molecular weight is 185 g/mol. The molecule has 0 aromatic carbocycles. The Morgan fingerprint density at radius 3 is 2.85 bits per heavy atom. The molecule has 0 aliphatic carbocycles. The smallest absolute Gasteiger partial charge is 0.317 e. The summed E-state index contributed by atoms with van der Waals surface area (Å²) in [7, 11) is 1.67. The summed E-state index contributed by atoms with van der Waals surface area (Å²) in [5.41, 5.74) is 0. The predicted octanol–water partition coefficient (Wildman–Crippen LogP) is -0.106. The van der Waals surface area contributed by atoms with Crippen LogP contribution in [-0.2, 0) is 11.3 Å². The molecule has 0 aliphatic rings. The highest BCUT2D eigenvalue weighted by Gasteiger charge is 2.09. The van der Waals surface area contributed by atoms with Crippen molar-refractivity contribution < 1.29 is 14.4 Å². The number of hydrogen-bond acceptors (Lipinski definition) is 5. The molecule has 0 saturated carbocycles. The third kappa shape index (κ3) is 3.20. The van der Waals surface area contributed by atoms with Crippen LogP contribution >= 0.6 is 0 Å². The number of nitrogens with zero attached hydrogens (tertiary/aromatic N) is 3. The molecule has 0 amide bonds. The van der Waals surface area contributed by atoms with E-state index < -0.39 is 5.97 Å². The summed E-state index contributed by atoms with van der Waals surface area (Å²) >= 11 is 0. The Bertz CT molecular complexity index is 297. The van der Waals surface area contributed by atoms with Gasteiger partial charge in [-0.3, -0.25) is 9.69 Å². The summed E-state index contributed by atoms with van der Waals surface area (Å²) in [5, 5.41) is 12.0. The van der Waals surface area contributed by atoms with E-state index in [4.69, 9.17) is 9.63 Å². The van der Waals surface area contributed by atoms with Gasteiger partial charge in [0.05, 0.1) is 13.1 Å². The van der Waals surface area contributed by atoms with Gasteiger partial charge in [0.25, 0.3) is 0 Å². The molecule has 6 heteroatoms. The molecule has 0 bridgehead atoms. The summed E-state index contributed by atoms with van der Waals surface area (Å²) in [6.45, 7) is 2.03. The van der Waals surface area contributed by atoms with Crippen molar-refractivity contribution in [3.8, 4) is 0 Å². The number of carboxylic acid groups (broad SMARTS) is 1. The third-order valence-electron chi connectivity index (χ3n) is 1.38. The van der Waals surface area contributed by atoms with Gasteiger partial charge in [-0.05, 0) is 14.0 Å². The van der Waals surface area contributed by atoms with Crippen LogP contribution in [0, 0.1) is 6.92 Å². The molecule has 72 valence electrons. The van der Waals surface area contributed by atoms with Gasteiger partial charge >= 0.3 is 5.97 Å². The maximum atomic E-state index is 10.3. The van der Waals surface area contributed by atoms with Crippen LogP contribution < -0.4 is 0 Å². The second kappa shape index (κ2) is 3.99. The topological polar surface area (TPSA) is 79.5 Å². The van der Waals surface area contributed by atoms with Crippen molar-refractivity contribution in [3.05, 3.63) is 11.7 Å².